The number of carbonyl (C=O) groups excluding carboxylic acids is 1. The Morgan fingerprint density at radius 2 is 2.25 bits per heavy atom. The van der Waals surface area contributed by atoms with Crippen molar-refractivity contribution in [3.8, 4) is 0 Å². The number of urea groups is 1. The summed E-state index contributed by atoms with van der Waals surface area (Å²) in [6.45, 7) is 3.84. The molecule has 24 heavy (non-hydrogen) atoms. The van der Waals surface area contributed by atoms with Gasteiger partial charge in [0.15, 0.2) is 5.82 Å². The lowest BCUT2D eigenvalue weighted by molar-refractivity contribution is 0.0503. The molecule has 0 radical (unpaired) electrons. The fourth-order valence-corrected chi connectivity index (χ4v) is 3.36. The molecule has 3 rings (SSSR count). The summed E-state index contributed by atoms with van der Waals surface area (Å²) in [6.07, 6.45) is 8.53. The summed E-state index contributed by atoms with van der Waals surface area (Å²) in [5.74, 6) is 1.31. The SMILES string of the molecule is Cc1noc([C@@H](NC(=O)NCCC2=CCCC2)C2CCOCC2)n1. The van der Waals surface area contributed by atoms with Crippen molar-refractivity contribution in [2.45, 2.75) is 51.5 Å². The fourth-order valence-electron chi connectivity index (χ4n) is 3.36. The van der Waals surface area contributed by atoms with Crippen molar-refractivity contribution < 1.29 is 14.1 Å². The number of aryl methyl sites for hydroxylation is 1. The molecule has 1 saturated heterocycles. The van der Waals surface area contributed by atoms with Crippen LogP contribution in [0.15, 0.2) is 16.2 Å². The molecule has 0 saturated carbocycles. The first-order valence-electron chi connectivity index (χ1n) is 8.82. The molecule has 0 aromatic carbocycles. The Labute approximate surface area is 142 Å². The van der Waals surface area contributed by atoms with E-state index >= 15 is 0 Å². The van der Waals surface area contributed by atoms with Crippen LogP contribution in [-0.2, 0) is 4.74 Å². The number of nitrogens with zero attached hydrogens (tertiary/aromatic N) is 2. The van der Waals surface area contributed by atoms with Crippen molar-refractivity contribution >= 4 is 6.03 Å². The van der Waals surface area contributed by atoms with Gasteiger partial charge in [0.2, 0.25) is 5.89 Å². The van der Waals surface area contributed by atoms with E-state index in [9.17, 15) is 4.79 Å². The fraction of sp³-hybridized carbons (Fsp3) is 0.706. The molecule has 0 spiro atoms. The summed E-state index contributed by atoms with van der Waals surface area (Å²) >= 11 is 0. The van der Waals surface area contributed by atoms with Gasteiger partial charge < -0.3 is 19.9 Å². The summed E-state index contributed by atoms with van der Waals surface area (Å²) in [5.41, 5.74) is 1.45. The lowest BCUT2D eigenvalue weighted by Gasteiger charge is -2.28. The second-order valence-electron chi connectivity index (χ2n) is 6.51. The van der Waals surface area contributed by atoms with Gasteiger partial charge in [-0.2, -0.15) is 4.98 Å². The summed E-state index contributed by atoms with van der Waals surface area (Å²) < 4.78 is 10.7. The van der Waals surface area contributed by atoms with Crippen LogP contribution in [0, 0.1) is 12.8 Å². The zero-order valence-electron chi connectivity index (χ0n) is 14.2. The Morgan fingerprint density at radius 1 is 1.42 bits per heavy atom. The van der Waals surface area contributed by atoms with Gasteiger partial charge in [0.1, 0.15) is 6.04 Å². The molecule has 1 atom stereocenters. The lowest BCUT2D eigenvalue weighted by atomic mass is 9.91. The number of ether oxygens (including phenoxy) is 1. The van der Waals surface area contributed by atoms with Crippen molar-refractivity contribution in [2.75, 3.05) is 19.8 Å². The highest BCUT2D eigenvalue weighted by molar-refractivity contribution is 5.74. The molecule has 132 valence electrons. The number of rotatable bonds is 6. The molecule has 1 aliphatic carbocycles. The maximum absolute atomic E-state index is 12.3. The van der Waals surface area contributed by atoms with E-state index in [1.165, 1.54) is 18.4 Å². The lowest BCUT2D eigenvalue weighted by Crippen LogP contribution is -2.42. The number of amides is 2. The molecule has 0 unspecified atom stereocenters. The van der Waals surface area contributed by atoms with Crippen LogP contribution in [0.25, 0.3) is 0 Å². The monoisotopic (exact) mass is 334 g/mol. The molecule has 2 amide bonds. The first-order valence-corrected chi connectivity index (χ1v) is 8.82. The standard InChI is InChI=1S/C17H26N4O3/c1-12-19-16(24-21-12)15(14-7-10-23-11-8-14)20-17(22)18-9-6-13-4-2-3-5-13/h4,14-15H,2-3,5-11H2,1H3,(H2,18,20,22)/t15-/m0/s1. The van der Waals surface area contributed by atoms with Crippen LogP contribution in [0.2, 0.25) is 0 Å². The van der Waals surface area contributed by atoms with E-state index < -0.39 is 0 Å². The molecule has 1 aromatic rings. The molecule has 2 heterocycles. The van der Waals surface area contributed by atoms with Crippen LogP contribution in [0.1, 0.15) is 56.3 Å². The largest absolute Gasteiger partial charge is 0.381 e. The molecule has 2 N–H and O–H groups in total. The van der Waals surface area contributed by atoms with Crippen LogP contribution in [0.3, 0.4) is 0 Å². The molecular formula is C17H26N4O3. The third-order valence-electron chi connectivity index (χ3n) is 4.70. The van der Waals surface area contributed by atoms with Gasteiger partial charge in [-0.1, -0.05) is 16.8 Å². The highest BCUT2D eigenvalue weighted by atomic mass is 16.5. The van der Waals surface area contributed by atoms with Crippen molar-refractivity contribution in [2.24, 2.45) is 5.92 Å². The van der Waals surface area contributed by atoms with E-state index in [0.29, 0.717) is 31.5 Å². The van der Waals surface area contributed by atoms with Crippen LogP contribution < -0.4 is 10.6 Å². The highest BCUT2D eigenvalue weighted by Crippen LogP contribution is 2.29. The van der Waals surface area contributed by atoms with Gasteiger partial charge >= 0.3 is 6.03 Å². The van der Waals surface area contributed by atoms with E-state index in [4.69, 9.17) is 9.26 Å². The summed E-state index contributed by atoms with van der Waals surface area (Å²) in [6, 6.07) is -0.443. The van der Waals surface area contributed by atoms with Gasteiger partial charge in [-0.25, -0.2) is 4.79 Å². The minimum absolute atomic E-state index is 0.180. The van der Waals surface area contributed by atoms with Crippen LogP contribution in [-0.4, -0.2) is 35.9 Å². The normalized spacial score (nSPS) is 19.8. The first kappa shape index (κ1) is 17.0. The molecule has 1 aliphatic heterocycles. The van der Waals surface area contributed by atoms with Gasteiger partial charge in [0.25, 0.3) is 0 Å². The van der Waals surface area contributed by atoms with Crippen molar-refractivity contribution in [3.63, 3.8) is 0 Å². The van der Waals surface area contributed by atoms with E-state index in [1.54, 1.807) is 6.92 Å². The average molecular weight is 334 g/mol. The third kappa shape index (κ3) is 4.56. The second kappa shape index (κ2) is 8.28. The number of carbonyl (C=O) groups is 1. The van der Waals surface area contributed by atoms with E-state index in [0.717, 1.165) is 25.7 Å². The van der Waals surface area contributed by atoms with Crippen LogP contribution in [0.4, 0.5) is 4.79 Å². The molecule has 2 aliphatic rings. The number of aromatic nitrogens is 2. The van der Waals surface area contributed by atoms with Crippen molar-refractivity contribution in [3.05, 3.63) is 23.4 Å². The second-order valence-corrected chi connectivity index (χ2v) is 6.51. The Balaban J connectivity index is 1.55. The minimum Gasteiger partial charge on any atom is -0.381 e. The molecule has 7 nitrogen and oxygen atoms in total. The van der Waals surface area contributed by atoms with Crippen molar-refractivity contribution in [1.29, 1.82) is 0 Å². The maximum atomic E-state index is 12.3. The van der Waals surface area contributed by atoms with Crippen LogP contribution >= 0.6 is 0 Å². The summed E-state index contributed by atoms with van der Waals surface area (Å²) in [4.78, 5) is 16.6. The van der Waals surface area contributed by atoms with Gasteiger partial charge in [-0.05, 0) is 51.4 Å². The number of nitrogens with one attached hydrogen (secondary N) is 2. The minimum atomic E-state index is -0.263. The maximum Gasteiger partial charge on any atom is 0.315 e. The Kier molecular flexibility index (Phi) is 5.85. The Bertz CT molecular complexity index is 578. The van der Waals surface area contributed by atoms with Gasteiger partial charge in [0.05, 0.1) is 0 Å². The molecular weight excluding hydrogens is 308 g/mol. The smallest absolute Gasteiger partial charge is 0.315 e. The predicted molar refractivity (Wildman–Crippen MR) is 88.4 cm³/mol. The zero-order valence-corrected chi connectivity index (χ0v) is 14.2. The number of allylic oxidation sites excluding steroid dienone is 1. The first-order chi connectivity index (χ1) is 11.7. The van der Waals surface area contributed by atoms with Gasteiger partial charge in [0, 0.05) is 19.8 Å². The average Bonchev–Trinajstić information content (AvgIpc) is 3.25. The zero-order chi connectivity index (χ0) is 16.8. The van der Waals surface area contributed by atoms with E-state index in [-0.39, 0.29) is 18.0 Å². The summed E-state index contributed by atoms with van der Waals surface area (Å²) in [5, 5.41) is 9.82. The Morgan fingerprint density at radius 3 is 2.92 bits per heavy atom. The summed E-state index contributed by atoms with van der Waals surface area (Å²) in [7, 11) is 0. The predicted octanol–water partition coefficient (Wildman–Crippen LogP) is 2.65. The van der Waals surface area contributed by atoms with Gasteiger partial charge in [-0.15, -0.1) is 0 Å². The number of hydrogen-bond donors (Lipinski definition) is 2. The van der Waals surface area contributed by atoms with E-state index in [2.05, 4.69) is 26.9 Å². The highest BCUT2D eigenvalue weighted by Gasteiger charge is 2.31. The third-order valence-corrected chi connectivity index (χ3v) is 4.70. The molecule has 7 heteroatoms. The molecule has 1 fully saturated rings. The molecule has 1 aromatic heterocycles. The van der Waals surface area contributed by atoms with Gasteiger partial charge in [-0.3, -0.25) is 0 Å². The molecule has 0 bridgehead atoms. The van der Waals surface area contributed by atoms with Crippen LogP contribution in [0.5, 0.6) is 0 Å². The number of hydrogen-bond acceptors (Lipinski definition) is 5. The Hall–Kier alpha value is -1.89. The quantitative estimate of drug-likeness (QED) is 0.781. The van der Waals surface area contributed by atoms with Crippen molar-refractivity contribution in [1.82, 2.24) is 20.8 Å². The topological polar surface area (TPSA) is 89.3 Å². The van der Waals surface area contributed by atoms with E-state index in [1.807, 2.05) is 0 Å².